The number of anilines is 1. The molecule has 0 aliphatic heterocycles. The van der Waals surface area contributed by atoms with E-state index in [1.807, 2.05) is 19.1 Å². The molecule has 0 aliphatic carbocycles. The number of benzene rings is 2. The first-order valence-electron chi connectivity index (χ1n) is 9.97. The maximum absolute atomic E-state index is 12.7. The first kappa shape index (κ1) is 21.0. The molecule has 0 radical (unpaired) electrons. The number of hydrogen-bond donors (Lipinski definition) is 1. The van der Waals surface area contributed by atoms with E-state index in [1.54, 1.807) is 50.2 Å². The topological polar surface area (TPSA) is 103 Å². The van der Waals surface area contributed by atoms with Gasteiger partial charge in [-0.3, -0.25) is 9.59 Å². The Morgan fingerprint density at radius 1 is 1.03 bits per heavy atom. The summed E-state index contributed by atoms with van der Waals surface area (Å²) in [7, 11) is 0. The number of aromatic nitrogens is 2. The van der Waals surface area contributed by atoms with Crippen molar-refractivity contribution < 1.29 is 18.8 Å². The van der Waals surface area contributed by atoms with Crippen LogP contribution in [0.3, 0.4) is 0 Å². The zero-order valence-electron chi connectivity index (χ0n) is 17.8. The van der Waals surface area contributed by atoms with Crippen LogP contribution in [0.4, 0.5) is 5.69 Å². The molecule has 0 unspecified atom stereocenters. The van der Waals surface area contributed by atoms with Gasteiger partial charge in [-0.15, -0.1) is 4.57 Å². The van der Waals surface area contributed by atoms with Crippen molar-refractivity contribution in [2.24, 2.45) is 0 Å². The van der Waals surface area contributed by atoms with E-state index in [9.17, 15) is 14.4 Å². The lowest BCUT2D eigenvalue weighted by atomic mass is 10.1. The van der Waals surface area contributed by atoms with Gasteiger partial charge < -0.3 is 14.6 Å². The number of esters is 1. The third-order valence-electron chi connectivity index (χ3n) is 5.07. The van der Waals surface area contributed by atoms with Gasteiger partial charge in [0.25, 0.3) is 11.5 Å². The fourth-order valence-corrected chi connectivity index (χ4v) is 3.37. The molecule has 2 heterocycles. The van der Waals surface area contributed by atoms with E-state index in [0.717, 1.165) is 10.1 Å². The number of amides is 1. The summed E-state index contributed by atoms with van der Waals surface area (Å²) < 4.78 is 11.7. The van der Waals surface area contributed by atoms with Gasteiger partial charge in [-0.2, -0.15) is 0 Å². The third kappa shape index (κ3) is 4.15. The summed E-state index contributed by atoms with van der Waals surface area (Å²) in [6, 6.07) is 15.2. The zero-order chi connectivity index (χ0) is 22.8. The molecule has 0 spiro atoms. The Kier molecular flexibility index (Phi) is 5.59. The van der Waals surface area contributed by atoms with Crippen LogP contribution in [0.15, 0.2) is 63.9 Å². The predicted octanol–water partition coefficient (Wildman–Crippen LogP) is 3.82. The molecule has 162 valence electrons. The predicted molar refractivity (Wildman–Crippen MR) is 118 cm³/mol. The van der Waals surface area contributed by atoms with Gasteiger partial charge in [0, 0.05) is 23.4 Å². The average molecular weight is 431 g/mol. The molecule has 0 atom stereocenters. The molecule has 1 N–H and O–H groups in total. The monoisotopic (exact) mass is 431 g/mol. The Hall–Kier alpha value is -4.20. The summed E-state index contributed by atoms with van der Waals surface area (Å²) in [5.74, 6) is -0.297. The second kappa shape index (κ2) is 8.50. The molecule has 0 fully saturated rings. The second-order valence-electron chi connectivity index (χ2n) is 7.41. The molecule has 4 aromatic rings. The van der Waals surface area contributed by atoms with Crippen LogP contribution in [0, 0.1) is 20.8 Å². The Bertz CT molecular complexity index is 1400. The lowest BCUT2D eigenvalue weighted by Crippen LogP contribution is -2.17. The molecular weight excluding hydrogens is 410 g/mol. The third-order valence-corrected chi connectivity index (χ3v) is 5.07. The van der Waals surface area contributed by atoms with Crippen molar-refractivity contribution in [2.75, 3.05) is 5.32 Å². The first-order chi connectivity index (χ1) is 15.3. The van der Waals surface area contributed by atoms with Crippen LogP contribution >= 0.6 is 0 Å². The molecule has 2 aromatic heterocycles. The molecule has 0 bridgehead atoms. The minimum atomic E-state index is -0.583. The summed E-state index contributed by atoms with van der Waals surface area (Å²) in [5, 5.41) is 2.85. The van der Waals surface area contributed by atoms with E-state index < -0.39 is 11.5 Å². The van der Waals surface area contributed by atoms with Crippen LogP contribution in [0.25, 0.3) is 5.65 Å². The Labute approximate surface area is 183 Å². The molecule has 8 nitrogen and oxygen atoms in total. The molecule has 1 amide bonds. The highest BCUT2D eigenvalue weighted by Crippen LogP contribution is 2.21. The van der Waals surface area contributed by atoms with E-state index in [-0.39, 0.29) is 12.5 Å². The second-order valence-corrected chi connectivity index (χ2v) is 7.41. The van der Waals surface area contributed by atoms with Crippen molar-refractivity contribution >= 4 is 23.2 Å². The summed E-state index contributed by atoms with van der Waals surface area (Å²) in [4.78, 5) is 41.7. The number of hydrogen-bond acceptors (Lipinski definition) is 6. The van der Waals surface area contributed by atoms with Gasteiger partial charge in [0.15, 0.2) is 5.65 Å². The van der Waals surface area contributed by atoms with Crippen molar-refractivity contribution in [3.63, 3.8) is 0 Å². The average Bonchev–Trinajstić information content (AvgIpc) is 3.14. The standard InChI is InChI=1S/C24H21N3O5/c1-14-7-4-5-8-18(14)23(29)26-20-10-6-9-19(16(20)3)24(30)31-13-17-12-22(28)27-21(25-17)11-15(2)32-27/h4-12H,13H2,1-3H3,(H,26,29). The van der Waals surface area contributed by atoms with Crippen molar-refractivity contribution in [2.45, 2.75) is 27.4 Å². The van der Waals surface area contributed by atoms with Crippen molar-refractivity contribution in [3.8, 4) is 0 Å². The van der Waals surface area contributed by atoms with Crippen molar-refractivity contribution in [1.29, 1.82) is 0 Å². The summed E-state index contributed by atoms with van der Waals surface area (Å²) in [6.07, 6.45) is 0. The van der Waals surface area contributed by atoms with Gasteiger partial charge in [-0.25, -0.2) is 9.78 Å². The van der Waals surface area contributed by atoms with E-state index in [0.29, 0.717) is 39.5 Å². The molecule has 8 heteroatoms. The van der Waals surface area contributed by atoms with Gasteiger partial charge >= 0.3 is 5.97 Å². The fraction of sp³-hybridized carbons (Fsp3) is 0.167. The largest absolute Gasteiger partial charge is 0.456 e. The summed E-state index contributed by atoms with van der Waals surface area (Å²) >= 11 is 0. The summed E-state index contributed by atoms with van der Waals surface area (Å²) in [5.41, 5.74) is 3.07. The lowest BCUT2D eigenvalue weighted by Gasteiger charge is -2.13. The highest BCUT2D eigenvalue weighted by Gasteiger charge is 2.17. The molecular formula is C24H21N3O5. The quantitative estimate of drug-likeness (QED) is 0.482. The number of rotatable bonds is 5. The highest BCUT2D eigenvalue weighted by atomic mass is 16.5. The number of nitrogens with one attached hydrogen (secondary N) is 1. The van der Waals surface area contributed by atoms with Crippen LogP contribution in [0.2, 0.25) is 0 Å². The molecule has 0 aliphatic rings. The molecule has 32 heavy (non-hydrogen) atoms. The van der Waals surface area contributed by atoms with Crippen LogP contribution in [0.1, 0.15) is 43.3 Å². The van der Waals surface area contributed by atoms with E-state index in [2.05, 4.69) is 10.3 Å². The van der Waals surface area contributed by atoms with E-state index in [4.69, 9.17) is 9.26 Å². The van der Waals surface area contributed by atoms with Gasteiger partial charge in [-0.1, -0.05) is 24.3 Å². The van der Waals surface area contributed by atoms with Crippen LogP contribution in [-0.4, -0.2) is 21.4 Å². The van der Waals surface area contributed by atoms with Gasteiger partial charge in [-0.05, 0) is 50.1 Å². The molecule has 4 rings (SSSR count). The number of fused-ring (bicyclic) bond motifs is 1. The minimum Gasteiger partial charge on any atom is -0.456 e. The number of carbonyl (C=O) groups is 2. The van der Waals surface area contributed by atoms with Crippen LogP contribution in [0.5, 0.6) is 0 Å². The Morgan fingerprint density at radius 2 is 1.78 bits per heavy atom. The normalized spacial score (nSPS) is 10.8. The number of ether oxygens (including phenoxy) is 1. The van der Waals surface area contributed by atoms with Crippen LogP contribution in [-0.2, 0) is 11.3 Å². The molecule has 2 aromatic carbocycles. The van der Waals surface area contributed by atoms with Gasteiger partial charge in [0.1, 0.15) is 12.4 Å². The van der Waals surface area contributed by atoms with Crippen molar-refractivity contribution in [1.82, 2.24) is 9.56 Å². The smallest absolute Gasteiger partial charge is 0.338 e. The van der Waals surface area contributed by atoms with E-state index in [1.165, 1.54) is 6.07 Å². The Morgan fingerprint density at radius 3 is 2.56 bits per heavy atom. The highest BCUT2D eigenvalue weighted by molar-refractivity contribution is 6.06. The summed E-state index contributed by atoms with van der Waals surface area (Å²) in [6.45, 7) is 5.13. The lowest BCUT2D eigenvalue weighted by molar-refractivity contribution is 0.0466. The van der Waals surface area contributed by atoms with Gasteiger partial charge in [0.2, 0.25) is 0 Å². The fourth-order valence-electron chi connectivity index (χ4n) is 3.37. The SMILES string of the molecule is Cc1cc2nc(COC(=O)c3cccc(NC(=O)c4ccccc4C)c3C)cc(=O)n2o1. The number of carbonyl (C=O) groups excluding carboxylic acids is 2. The maximum Gasteiger partial charge on any atom is 0.338 e. The first-order valence-corrected chi connectivity index (χ1v) is 9.97. The minimum absolute atomic E-state index is 0.173. The maximum atomic E-state index is 12.7. The van der Waals surface area contributed by atoms with E-state index >= 15 is 0 Å². The molecule has 0 saturated carbocycles. The molecule has 0 saturated heterocycles. The Balaban J connectivity index is 1.50. The van der Waals surface area contributed by atoms with Crippen molar-refractivity contribution in [3.05, 3.63) is 98.7 Å². The van der Waals surface area contributed by atoms with Gasteiger partial charge in [0.05, 0.1) is 11.3 Å². The number of nitrogens with zero attached hydrogens (tertiary/aromatic N) is 2. The van der Waals surface area contributed by atoms with Crippen LogP contribution < -0.4 is 10.9 Å². The zero-order valence-corrected chi connectivity index (χ0v) is 17.8. The number of aryl methyl sites for hydroxylation is 2.